The van der Waals surface area contributed by atoms with E-state index in [4.69, 9.17) is 4.74 Å². The first-order valence-electron chi connectivity index (χ1n) is 12.4. The maximum atomic E-state index is 12.9. The smallest absolute Gasteiger partial charge is 0.406 e. The molecular weight excluding hydrogens is 533 g/mol. The number of aromatic nitrogens is 3. The lowest BCUT2D eigenvalue weighted by atomic mass is 9.87. The Bertz CT molecular complexity index is 1530. The van der Waals surface area contributed by atoms with Gasteiger partial charge in [0.2, 0.25) is 0 Å². The van der Waals surface area contributed by atoms with Gasteiger partial charge < -0.3 is 25.0 Å². The summed E-state index contributed by atoms with van der Waals surface area (Å²) in [5, 5.41) is 26.7. The summed E-state index contributed by atoms with van der Waals surface area (Å²) in [6.45, 7) is 1.46. The monoisotopic (exact) mass is 560 g/mol. The molecule has 1 aliphatic rings. The van der Waals surface area contributed by atoms with E-state index >= 15 is 0 Å². The van der Waals surface area contributed by atoms with Crippen molar-refractivity contribution < 1.29 is 32.6 Å². The number of aromatic amines is 1. The zero-order valence-electron chi connectivity index (χ0n) is 21.7. The van der Waals surface area contributed by atoms with E-state index in [0.29, 0.717) is 21.7 Å². The summed E-state index contributed by atoms with van der Waals surface area (Å²) < 4.78 is 45.8. The number of carboxylic acid groups (broad SMARTS) is 1. The highest BCUT2D eigenvalue weighted by Crippen LogP contribution is 2.37. The molecule has 1 aromatic carbocycles. The van der Waals surface area contributed by atoms with Gasteiger partial charge in [-0.2, -0.15) is 23.5 Å². The Morgan fingerprint density at radius 2 is 2.12 bits per heavy atom. The Labute approximate surface area is 226 Å². The number of anilines is 2. The van der Waals surface area contributed by atoms with Gasteiger partial charge in [0, 0.05) is 24.0 Å². The van der Waals surface area contributed by atoms with Crippen LogP contribution in [0.2, 0.25) is 0 Å². The van der Waals surface area contributed by atoms with E-state index in [1.807, 2.05) is 0 Å². The van der Waals surface area contributed by atoms with Crippen LogP contribution in [-0.2, 0) is 15.1 Å². The number of aliphatic carboxylic acids is 1. The van der Waals surface area contributed by atoms with Gasteiger partial charge in [0.05, 0.1) is 30.2 Å². The van der Waals surface area contributed by atoms with Crippen LogP contribution < -0.4 is 10.9 Å². The van der Waals surface area contributed by atoms with Gasteiger partial charge in [-0.05, 0) is 56.5 Å². The number of carbonyl (C=O) groups excluding carboxylic acids is 1. The number of halogens is 3. The predicted molar refractivity (Wildman–Crippen MR) is 137 cm³/mol. The molecule has 4 rings (SSSR count). The van der Waals surface area contributed by atoms with E-state index < -0.39 is 41.8 Å². The highest BCUT2D eigenvalue weighted by atomic mass is 19.4. The van der Waals surface area contributed by atoms with E-state index in [1.54, 1.807) is 19.1 Å². The molecule has 3 heterocycles. The van der Waals surface area contributed by atoms with Crippen molar-refractivity contribution in [3.05, 3.63) is 51.9 Å². The number of rotatable bonds is 8. The van der Waals surface area contributed by atoms with Crippen molar-refractivity contribution in [3.63, 3.8) is 0 Å². The number of benzene rings is 1. The summed E-state index contributed by atoms with van der Waals surface area (Å²) in [6, 6.07) is 8.18. The van der Waals surface area contributed by atoms with Gasteiger partial charge in [-0.3, -0.25) is 14.3 Å². The van der Waals surface area contributed by atoms with E-state index in [2.05, 4.69) is 21.5 Å². The Morgan fingerprint density at radius 1 is 1.38 bits per heavy atom. The van der Waals surface area contributed by atoms with Gasteiger partial charge in [-0.15, -0.1) is 0 Å². The zero-order valence-corrected chi connectivity index (χ0v) is 21.7. The fraction of sp³-hybridized carbons (Fsp3) is 0.423. The number of H-pyrrole nitrogens is 1. The number of aryl methyl sites for hydroxylation is 1. The van der Waals surface area contributed by atoms with Crippen LogP contribution in [0.15, 0.2) is 35.3 Å². The molecule has 1 amide bonds. The molecule has 212 valence electrons. The second-order valence-electron chi connectivity index (χ2n) is 9.65. The van der Waals surface area contributed by atoms with Crippen LogP contribution in [0, 0.1) is 18.3 Å². The van der Waals surface area contributed by atoms with Crippen molar-refractivity contribution in [2.45, 2.75) is 50.9 Å². The number of ether oxygens (including phenoxy) is 1. The molecule has 1 saturated heterocycles. The number of hydrogen-bond acceptors (Lipinski definition) is 7. The van der Waals surface area contributed by atoms with Gasteiger partial charge in [-0.1, -0.05) is 0 Å². The van der Waals surface area contributed by atoms with Crippen molar-refractivity contribution in [2.75, 3.05) is 25.0 Å². The molecule has 11 nitrogen and oxygen atoms in total. The van der Waals surface area contributed by atoms with Crippen molar-refractivity contribution >= 4 is 34.3 Å². The van der Waals surface area contributed by atoms with Crippen LogP contribution in [0.25, 0.3) is 10.9 Å². The fourth-order valence-electron chi connectivity index (χ4n) is 4.89. The SMILES string of the molecule is CCN(CC(F)(F)F)C(=O)c1ccc(Nc2nn(C3(CC#N)CCC(C(=O)O)OC3)c3cc[nH]c(=O)c23)cc1C. The highest BCUT2D eigenvalue weighted by molar-refractivity contribution is 5.96. The number of nitrogens with zero attached hydrogens (tertiary/aromatic N) is 4. The van der Waals surface area contributed by atoms with Gasteiger partial charge in [-0.25, -0.2) is 4.79 Å². The van der Waals surface area contributed by atoms with Crippen molar-refractivity contribution in [1.82, 2.24) is 19.7 Å². The van der Waals surface area contributed by atoms with Gasteiger partial charge in [0.1, 0.15) is 11.9 Å². The van der Waals surface area contributed by atoms with Crippen LogP contribution >= 0.6 is 0 Å². The number of pyridine rings is 1. The third-order valence-corrected chi connectivity index (χ3v) is 6.92. The third-order valence-electron chi connectivity index (χ3n) is 6.92. The molecular formula is C26H27F3N6O5. The number of fused-ring (bicyclic) bond motifs is 1. The minimum atomic E-state index is -4.53. The van der Waals surface area contributed by atoms with Gasteiger partial charge in [0.25, 0.3) is 11.5 Å². The summed E-state index contributed by atoms with van der Waals surface area (Å²) in [7, 11) is 0. The first-order chi connectivity index (χ1) is 18.9. The highest BCUT2D eigenvalue weighted by Gasteiger charge is 2.42. The lowest BCUT2D eigenvalue weighted by molar-refractivity contribution is -0.158. The summed E-state index contributed by atoms with van der Waals surface area (Å²) >= 11 is 0. The van der Waals surface area contributed by atoms with E-state index in [-0.39, 0.29) is 49.2 Å². The topological polar surface area (TPSA) is 153 Å². The average Bonchev–Trinajstić information content (AvgIpc) is 3.27. The number of hydrogen-bond donors (Lipinski definition) is 3. The lowest BCUT2D eigenvalue weighted by Gasteiger charge is -2.38. The zero-order chi connectivity index (χ0) is 29.2. The number of amides is 1. The molecule has 2 unspecified atom stereocenters. The number of nitrogens with one attached hydrogen (secondary N) is 2. The van der Waals surface area contributed by atoms with Crippen LogP contribution in [0.5, 0.6) is 0 Å². The summed E-state index contributed by atoms with van der Waals surface area (Å²) in [6.07, 6.45) is -3.76. The van der Waals surface area contributed by atoms with Crippen LogP contribution in [0.4, 0.5) is 24.7 Å². The molecule has 1 fully saturated rings. The minimum Gasteiger partial charge on any atom is -0.479 e. The third kappa shape index (κ3) is 5.64. The van der Waals surface area contributed by atoms with Crippen molar-refractivity contribution in [3.8, 4) is 6.07 Å². The molecule has 3 N–H and O–H groups in total. The number of carbonyl (C=O) groups is 2. The molecule has 2 aromatic heterocycles. The maximum absolute atomic E-state index is 12.9. The van der Waals surface area contributed by atoms with Gasteiger partial charge >= 0.3 is 12.1 Å². The van der Waals surface area contributed by atoms with Crippen LogP contribution in [0.3, 0.4) is 0 Å². The Hall–Kier alpha value is -4.38. The van der Waals surface area contributed by atoms with Crippen molar-refractivity contribution in [2.24, 2.45) is 0 Å². The quantitative estimate of drug-likeness (QED) is 0.377. The molecule has 2 atom stereocenters. The largest absolute Gasteiger partial charge is 0.479 e. The predicted octanol–water partition coefficient (Wildman–Crippen LogP) is 3.67. The molecule has 0 radical (unpaired) electrons. The molecule has 14 heteroatoms. The standard InChI is InChI=1S/C26H27F3N6O5/c1-3-34(13-26(27,28)29)23(37)17-5-4-16(12-15(17)2)32-21-20-18(7-11-31-22(20)36)35(33-21)25(9-10-30)8-6-19(24(38)39)40-14-25/h4-5,7,11-12,19H,3,6,8-9,13-14H2,1-2H3,(H,31,36)(H,32,33)(H,38,39). The molecule has 0 saturated carbocycles. The average molecular weight is 561 g/mol. The molecule has 0 aliphatic carbocycles. The Kier molecular flexibility index (Phi) is 7.88. The maximum Gasteiger partial charge on any atom is 0.406 e. The molecule has 3 aromatic rings. The Morgan fingerprint density at radius 3 is 2.70 bits per heavy atom. The molecule has 1 aliphatic heterocycles. The molecule has 40 heavy (non-hydrogen) atoms. The number of nitriles is 1. The summed E-state index contributed by atoms with van der Waals surface area (Å²) in [5.74, 6) is -1.72. The second-order valence-corrected chi connectivity index (χ2v) is 9.65. The van der Waals surface area contributed by atoms with E-state index in [1.165, 1.54) is 29.9 Å². The Balaban J connectivity index is 1.70. The van der Waals surface area contributed by atoms with Gasteiger partial charge in [0.15, 0.2) is 11.9 Å². The van der Waals surface area contributed by atoms with E-state index in [0.717, 1.165) is 0 Å². The first kappa shape index (κ1) is 28.6. The second kappa shape index (κ2) is 11.0. The molecule has 0 spiro atoms. The summed E-state index contributed by atoms with van der Waals surface area (Å²) in [4.78, 5) is 40.3. The fourth-order valence-corrected chi connectivity index (χ4v) is 4.89. The van der Waals surface area contributed by atoms with Crippen LogP contribution in [-0.4, -0.2) is 68.6 Å². The summed E-state index contributed by atoms with van der Waals surface area (Å²) in [5.41, 5.74) is -0.162. The number of alkyl halides is 3. The van der Waals surface area contributed by atoms with E-state index in [9.17, 15) is 37.9 Å². The van der Waals surface area contributed by atoms with Crippen molar-refractivity contribution in [1.29, 1.82) is 5.26 Å². The number of carboxylic acids is 1. The molecule has 0 bridgehead atoms. The normalized spacial score (nSPS) is 19.2. The minimum absolute atomic E-state index is 0.0515. The lowest BCUT2D eigenvalue weighted by Crippen LogP contribution is -2.46. The van der Waals surface area contributed by atoms with Crippen LogP contribution in [0.1, 0.15) is 42.1 Å². The first-order valence-corrected chi connectivity index (χ1v) is 12.4.